The maximum atomic E-state index is 12.9. The molecule has 1 aromatic carbocycles. The van der Waals surface area contributed by atoms with E-state index in [2.05, 4.69) is 5.32 Å². The third-order valence-corrected chi connectivity index (χ3v) is 2.39. The van der Waals surface area contributed by atoms with Crippen LogP contribution in [0.4, 0.5) is 4.39 Å². The minimum Gasteiger partial charge on any atom is -0.480 e. The number of nitrogens with one attached hydrogen (secondary N) is 1. The number of halogens is 2. The fraction of sp³-hybridized carbons (Fsp3) is 0.167. The molecule has 0 aromatic heterocycles. The van der Waals surface area contributed by atoms with Gasteiger partial charge >= 0.3 is 5.97 Å². The van der Waals surface area contributed by atoms with Crippen LogP contribution in [-0.2, 0) is 9.59 Å². The van der Waals surface area contributed by atoms with Gasteiger partial charge in [0.15, 0.2) is 0 Å². The van der Waals surface area contributed by atoms with Crippen LogP contribution in [0.2, 0.25) is 5.02 Å². The number of aliphatic carboxylic acids is 1. The van der Waals surface area contributed by atoms with Gasteiger partial charge in [-0.1, -0.05) is 17.7 Å². The summed E-state index contributed by atoms with van der Waals surface area (Å²) in [7, 11) is 0. The lowest BCUT2D eigenvalue weighted by atomic mass is 10.2. The molecule has 0 radical (unpaired) electrons. The third-order valence-electron chi connectivity index (χ3n) is 2.10. The van der Waals surface area contributed by atoms with Crippen molar-refractivity contribution in [2.75, 3.05) is 0 Å². The number of amides is 1. The van der Waals surface area contributed by atoms with E-state index < -0.39 is 23.7 Å². The van der Waals surface area contributed by atoms with Crippen LogP contribution >= 0.6 is 11.6 Å². The van der Waals surface area contributed by atoms with E-state index in [1.807, 2.05) is 0 Å². The van der Waals surface area contributed by atoms with Gasteiger partial charge in [-0.25, -0.2) is 4.39 Å². The molecule has 1 atom stereocenters. The molecule has 0 aliphatic heterocycles. The lowest BCUT2D eigenvalue weighted by Gasteiger charge is -2.05. The molecular weight excluding hydrogens is 261 g/mol. The standard InChI is InChI=1S/C12H11ClFNO3/c1-7(12(17)18)15-11(16)5-3-8-2-4-10(14)9(13)6-8/h2-7H,1H3,(H,15,16)(H,17,18)/b5-3+/t7-/m0/s1. The molecule has 6 heteroatoms. The molecular formula is C12H11ClFNO3. The zero-order valence-electron chi connectivity index (χ0n) is 9.48. The Hall–Kier alpha value is -1.88. The van der Waals surface area contributed by atoms with Crippen LogP contribution in [0.25, 0.3) is 6.08 Å². The van der Waals surface area contributed by atoms with Gasteiger partial charge in [-0.05, 0) is 30.7 Å². The molecule has 2 N–H and O–H groups in total. The monoisotopic (exact) mass is 271 g/mol. The van der Waals surface area contributed by atoms with Crippen LogP contribution in [0.3, 0.4) is 0 Å². The summed E-state index contributed by atoms with van der Waals surface area (Å²) in [5.41, 5.74) is 0.541. The SMILES string of the molecule is C[C@H](NC(=O)/C=C/c1ccc(F)c(Cl)c1)C(=O)O. The van der Waals surface area contributed by atoms with Gasteiger partial charge in [0.25, 0.3) is 0 Å². The van der Waals surface area contributed by atoms with E-state index in [0.29, 0.717) is 5.56 Å². The van der Waals surface area contributed by atoms with E-state index in [4.69, 9.17) is 16.7 Å². The molecule has 0 saturated carbocycles. The van der Waals surface area contributed by atoms with Crippen molar-refractivity contribution in [3.63, 3.8) is 0 Å². The summed E-state index contributed by atoms with van der Waals surface area (Å²) in [6, 6.07) is 3.02. The highest BCUT2D eigenvalue weighted by Crippen LogP contribution is 2.16. The van der Waals surface area contributed by atoms with E-state index in [1.165, 1.54) is 31.2 Å². The van der Waals surface area contributed by atoms with Crippen molar-refractivity contribution in [3.05, 3.63) is 40.7 Å². The van der Waals surface area contributed by atoms with E-state index in [-0.39, 0.29) is 5.02 Å². The number of carboxylic acid groups (broad SMARTS) is 1. The Labute approximate surface area is 108 Å². The maximum absolute atomic E-state index is 12.9. The Kier molecular flexibility index (Phi) is 4.85. The van der Waals surface area contributed by atoms with Crippen molar-refractivity contribution in [3.8, 4) is 0 Å². The number of carboxylic acids is 1. The van der Waals surface area contributed by atoms with Crippen LogP contribution in [0.1, 0.15) is 12.5 Å². The summed E-state index contributed by atoms with van der Waals surface area (Å²) in [5, 5.41) is 10.8. The molecule has 0 unspecified atom stereocenters. The van der Waals surface area contributed by atoms with Gasteiger partial charge < -0.3 is 10.4 Å². The van der Waals surface area contributed by atoms with Crippen molar-refractivity contribution in [2.45, 2.75) is 13.0 Å². The number of benzene rings is 1. The molecule has 96 valence electrons. The van der Waals surface area contributed by atoms with Gasteiger partial charge in [0, 0.05) is 6.08 Å². The largest absolute Gasteiger partial charge is 0.480 e. The molecule has 0 bridgehead atoms. The van der Waals surface area contributed by atoms with Crippen molar-refractivity contribution in [2.24, 2.45) is 0 Å². The summed E-state index contributed by atoms with van der Waals surface area (Å²) >= 11 is 5.57. The molecule has 18 heavy (non-hydrogen) atoms. The minimum atomic E-state index is -1.12. The molecule has 0 saturated heterocycles. The zero-order chi connectivity index (χ0) is 13.7. The molecule has 0 heterocycles. The molecule has 0 fully saturated rings. The van der Waals surface area contributed by atoms with Crippen LogP contribution in [0, 0.1) is 5.82 Å². The first kappa shape index (κ1) is 14.2. The van der Waals surface area contributed by atoms with Crippen molar-refractivity contribution >= 4 is 29.6 Å². The first-order chi connectivity index (χ1) is 8.40. The van der Waals surface area contributed by atoms with E-state index in [0.717, 1.165) is 6.08 Å². The Bertz CT molecular complexity index is 502. The van der Waals surface area contributed by atoms with E-state index in [9.17, 15) is 14.0 Å². The Morgan fingerprint density at radius 2 is 2.17 bits per heavy atom. The van der Waals surface area contributed by atoms with Gasteiger partial charge in [-0.15, -0.1) is 0 Å². The van der Waals surface area contributed by atoms with Crippen molar-refractivity contribution < 1.29 is 19.1 Å². The second-order valence-electron chi connectivity index (χ2n) is 3.58. The number of carbonyl (C=O) groups is 2. The quantitative estimate of drug-likeness (QED) is 0.824. The van der Waals surface area contributed by atoms with Gasteiger partial charge in [0.2, 0.25) is 5.91 Å². The van der Waals surface area contributed by atoms with Crippen LogP contribution in [0.15, 0.2) is 24.3 Å². The van der Waals surface area contributed by atoms with E-state index in [1.54, 1.807) is 0 Å². The first-order valence-electron chi connectivity index (χ1n) is 5.06. The lowest BCUT2D eigenvalue weighted by Crippen LogP contribution is -2.37. The predicted molar refractivity (Wildman–Crippen MR) is 65.7 cm³/mol. The van der Waals surface area contributed by atoms with Gasteiger partial charge in [-0.3, -0.25) is 9.59 Å². The van der Waals surface area contributed by atoms with Crippen LogP contribution in [-0.4, -0.2) is 23.0 Å². The highest BCUT2D eigenvalue weighted by molar-refractivity contribution is 6.30. The lowest BCUT2D eigenvalue weighted by molar-refractivity contribution is -0.140. The summed E-state index contributed by atoms with van der Waals surface area (Å²) in [4.78, 5) is 21.8. The second-order valence-corrected chi connectivity index (χ2v) is 3.98. The topological polar surface area (TPSA) is 66.4 Å². The first-order valence-corrected chi connectivity index (χ1v) is 5.44. The molecule has 1 amide bonds. The highest BCUT2D eigenvalue weighted by Gasteiger charge is 2.11. The number of carbonyl (C=O) groups excluding carboxylic acids is 1. The average molecular weight is 272 g/mol. The van der Waals surface area contributed by atoms with Crippen LogP contribution < -0.4 is 5.32 Å². The highest BCUT2D eigenvalue weighted by atomic mass is 35.5. The summed E-state index contributed by atoms with van der Waals surface area (Å²) in [6.45, 7) is 1.35. The zero-order valence-corrected chi connectivity index (χ0v) is 10.2. The molecule has 0 spiro atoms. The van der Waals surface area contributed by atoms with Gasteiger partial charge in [0.1, 0.15) is 11.9 Å². The smallest absolute Gasteiger partial charge is 0.325 e. The predicted octanol–water partition coefficient (Wildman–Crippen LogP) is 2.08. The normalized spacial score (nSPS) is 12.4. The molecule has 1 aromatic rings. The minimum absolute atomic E-state index is 0.0449. The van der Waals surface area contributed by atoms with E-state index >= 15 is 0 Å². The summed E-state index contributed by atoms with van der Waals surface area (Å²) < 4.78 is 12.9. The average Bonchev–Trinajstić information content (AvgIpc) is 2.30. The molecule has 0 aliphatic carbocycles. The summed E-state index contributed by atoms with van der Waals surface area (Å²) in [6.07, 6.45) is 2.57. The number of rotatable bonds is 4. The Balaban J connectivity index is 2.66. The number of hydrogen-bond donors (Lipinski definition) is 2. The Morgan fingerprint density at radius 1 is 1.50 bits per heavy atom. The Morgan fingerprint density at radius 3 is 2.72 bits per heavy atom. The maximum Gasteiger partial charge on any atom is 0.325 e. The molecule has 4 nitrogen and oxygen atoms in total. The fourth-order valence-corrected chi connectivity index (χ4v) is 1.30. The van der Waals surface area contributed by atoms with Gasteiger partial charge in [0.05, 0.1) is 5.02 Å². The third kappa shape index (κ3) is 4.18. The molecule has 0 aliphatic rings. The molecule has 1 rings (SSSR count). The van der Waals surface area contributed by atoms with Gasteiger partial charge in [-0.2, -0.15) is 0 Å². The fourth-order valence-electron chi connectivity index (χ4n) is 1.11. The van der Waals surface area contributed by atoms with Crippen molar-refractivity contribution in [1.29, 1.82) is 0 Å². The second kappa shape index (κ2) is 6.16. The number of hydrogen-bond acceptors (Lipinski definition) is 2. The summed E-state index contributed by atoms with van der Waals surface area (Å²) in [5.74, 6) is -2.22. The van der Waals surface area contributed by atoms with Crippen LogP contribution in [0.5, 0.6) is 0 Å². The van der Waals surface area contributed by atoms with Crippen molar-refractivity contribution in [1.82, 2.24) is 5.32 Å².